The van der Waals surface area contributed by atoms with Crippen LogP contribution in [0.3, 0.4) is 0 Å². The first-order valence-electron chi connectivity index (χ1n) is 14.6. The highest BCUT2D eigenvalue weighted by atomic mass is 32.2. The maximum Gasteiger partial charge on any atom is 0.272 e. The molecule has 0 aliphatic heterocycles. The van der Waals surface area contributed by atoms with E-state index in [2.05, 4.69) is 20.9 Å². The lowest BCUT2D eigenvalue weighted by Crippen LogP contribution is -2.30. The summed E-state index contributed by atoms with van der Waals surface area (Å²) in [5.74, 6) is 0.710. The minimum Gasteiger partial charge on any atom is -0.497 e. The fourth-order valence-electron chi connectivity index (χ4n) is 4.43. The summed E-state index contributed by atoms with van der Waals surface area (Å²) < 4.78 is 16.0. The van der Waals surface area contributed by atoms with E-state index in [-0.39, 0.29) is 17.4 Å². The lowest BCUT2D eigenvalue weighted by atomic mass is 10.1. The molecule has 12 heteroatoms. The van der Waals surface area contributed by atoms with Crippen molar-refractivity contribution in [2.75, 3.05) is 37.7 Å². The number of hydrogen-bond acceptors (Lipinski definition) is 9. The summed E-state index contributed by atoms with van der Waals surface area (Å²) in [5, 5.41) is 10.8. The number of amides is 3. The standard InChI is InChI=1S/C36H32N4O6S2/c1-44-27-15-12-23(13-16-27)31-21-48-36(39-31)40-33(41)22-47-29-11-7-10-26(19-29)37-35(43)30(38-34(42)24-8-5-4-6-9-24)18-25-14-17-28(45-2)20-32(25)46-3/h4-21H,22H2,1-3H3,(H,37,43)(H,38,42)(H,39,40,41)/b30-18+. The molecule has 3 N–H and O–H groups in total. The highest BCUT2D eigenvalue weighted by Crippen LogP contribution is 2.29. The van der Waals surface area contributed by atoms with Gasteiger partial charge in [0.05, 0.1) is 32.8 Å². The van der Waals surface area contributed by atoms with Crippen molar-refractivity contribution in [1.82, 2.24) is 10.3 Å². The number of hydrogen-bond donors (Lipinski definition) is 3. The zero-order valence-electron chi connectivity index (χ0n) is 26.3. The Morgan fingerprint density at radius 3 is 2.29 bits per heavy atom. The normalized spacial score (nSPS) is 10.9. The molecule has 0 spiro atoms. The average Bonchev–Trinajstić information content (AvgIpc) is 3.59. The number of nitrogens with one attached hydrogen (secondary N) is 3. The molecule has 0 atom stereocenters. The Hall–Kier alpha value is -5.59. The maximum atomic E-state index is 13.6. The number of methoxy groups -OCH3 is 3. The van der Waals surface area contributed by atoms with Gasteiger partial charge in [0.25, 0.3) is 11.8 Å². The molecule has 0 saturated heterocycles. The fraction of sp³-hybridized carbons (Fsp3) is 0.111. The average molecular weight is 681 g/mol. The second kappa shape index (κ2) is 16.3. The van der Waals surface area contributed by atoms with Crippen molar-refractivity contribution >= 4 is 57.7 Å². The quantitative estimate of drug-likeness (QED) is 0.0899. The van der Waals surface area contributed by atoms with Gasteiger partial charge in [-0.3, -0.25) is 14.4 Å². The van der Waals surface area contributed by atoms with Gasteiger partial charge in [-0.2, -0.15) is 0 Å². The van der Waals surface area contributed by atoms with Crippen LogP contribution >= 0.6 is 23.1 Å². The molecule has 0 radical (unpaired) electrons. The Labute approximate surface area is 286 Å². The second-order valence-corrected chi connectivity index (χ2v) is 12.0. The van der Waals surface area contributed by atoms with Gasteiger partial charge in [0.15, 0.2) is 5.13 Å². The van der Waals surface area contributed by atoms with Crippen LogP contribution in [-0.4, -0.2) is 49.8 Å². The molecule has 4 aromatic carbocycles. The summed E-state index contributed by atoms with van der Waals surface area (Å²) >= 11 is 2.65. The SMILES string of the molecule is COc1ccc(-c2csc(NC(=O)CSc3cccc(NC(=O)/C(=C\c4ccc(OC)cc4OC)NC(=O)c4ccccc4)c3)n2)cc1. The van der Waals surface area contributed by atoms with Gasteiger partial charge < -0.3 is 30.2 Å². The molecule has 5 aromatic rings. The van der Waals surface area contributed by atoms with Crippen molar-refractivity contribution in [1.29, 1.82) is 0 Å². The summed E-state index contributed by atoms with van der Waals surface area (Å²) in [6.07, 6.45) is 1.54. The van der Waals surface area contributed by atoms with E-state index in [1.54, 1.807) is 80.9 Å². The van der Waals surface area contributed by atoms with E-state index < -0.39 is 11.8 Å². The molecule has 5 rings (SSSR count). The van der Waals surface area contributed by atoms with Crippen LogP contribution in [0.1, 0.15) is 15.9 Å². The van der Waals surface area contributed by atoms with Gasteiger partial charge in [-0.25, -0.2) is 4.98 Å². The lowest BCUT2D eigenvalue weighted by Gasteiger charge is -2.13. The molecular formula is C36H32N4O6S2. The van der Waals surface area contributed by atoms with Crippen LogP contribution in [-0.2, 0) is 9.59 Å². The highest BCUT2D eigenvalue weighted by molar-refractivity contribution is 8.00. The molecule has 3 amide bonds. The Kier molecular flexibility index (Phi) is 11.5. The number of carbonyl (C=O) groups is 3. The fourth-order valence-corrected chi connectivity index (χ4v) is 5.92. The van der Waals surface area contributed by atoms with Crippen LogP contribution in [0, 0.1) is 0 Å². The van der Waals surface area contributed by atoms with Crippen LogP contribution in [0.2, 0.25) is 0 Å². The lowest BCUT2D eigenvalue weighted by molar-refractivity contribution is -0.114. The number of benzene rings is 4. The van der Waals surface area contributed by atoms with E-state index in [0.717, 1.165) is 21.9 Å². The zero-order chi connectivity index (χ0) is 33.9. The number of carbonyl (C=O) groups excluding carboxylic acids is 3. The van der Waals surface area contributed by atoms with Crippen molar-refractivity contribution in [3.05, 3.63) is 119 Å². The summed E-state index contributed by atoms with van der Waals surface area (Å²) in [4.78, 5) is 44.7. The number of thiazole rings is 1. The molecule has 10 nitrogen and oxygen atoms in total. The topological polar surface area (TPSA) is 128 Å². The number of anilines is 2. The molecule has 244 valence electrons. The number of ether oxygens (including phenoxy) is 3. The highest BCUT2D eigenvalue weighted by Gasteiger charge is 2.17. The van der Waals surface area contributed by atoms with Crippen LogP contribution in [0.25, 0.3) is 17.3 Å². The van der Waals surface area contributed by atoms with E-state index in [1.807, 2.05) is 35.7 Å². The number of aromatic nitrogens is 1. The number of nitrogens with zero attached hydrogens (tertiary/aromatic N) is 1. The van der Waals surface area contributed by atoms with Crippen LogP contribution < -0.4 is 30.2 Å². The molecule has 0 aliphatic carbocycles. The predicted octanol–water partition coefficient (Wildman–Crippen LogP) is 6.98. The molecule has 1 heterocycles. The maximum absolute atomic E-state index is 13.6. The van der Waals surface area contributed by atoms with Gasteiger partial charge >= 0.3 is 0 Å². The number of rotatable bonds is 13. The minimum absolute atomic E-state index is 0.00205. The summed E-state index contributed by atoms with van der Waals surface area (Å²) in [6.45, 7) is 0. The van der Waals surface area contributed by atoms with E-state index in [9.17, 15) is 14.4 Å². The third kappa shape index (κ3) is 9.02. The summed E-state index contributed by atoms with van der Waals surface area (Å²) in [7, 11) is 4.67. The van der Waals surface area contributed by atoms with Crippen molar-refractivity contribution < 1.29 is 28.6 Å². The van der Waals surface area contributed by atoms with Gasteiger partial charge in [-0.05, 0) is 72.8 Å². The van der Waals surface area contributed by atoms with Crippen LogP contribution in [0.15, 0.2) is 113 Å². The van der Waals surface area contributed by atoms with Crippen molar-refractivity contribution in [3.8, 4) is 28.5 Å². The molecule has 1 aromatic heterocycles. The first-order chi connectivity index (χ1) is 23.3. The van der Waals surface area contributed by atoms with Gasteiger partial charge in [0.2, 0.25) is 5.91 Å². The van der Waals surface area contributed by atoms with Crippen LogP contribution in [0.4, 0.5) is 10.8 Å². The van der Waals surface area contributed by atoms with Gasteiger partial charge in [-0.1, -0.05) is 24.3 Å². The minimum atomic E-state index is -0.548. The van der Waals surface area contributed by atoms with Crippen molar-refractivity contribution in [2.24, 2.45) is 0 Å². The molecule has 48 heavy (non-hydrogen) atoms. The van der Waals surface area contributed by atoms with Gasteiger partial charge in [-0.15, -0.1) is 23.1 Å². The summed E-state index contributed by atoms with van der Waals surface area (Å²) in [5.41, 5.74) is 3.11. The Bertz CT molecular complexity index is 1930. The van der Waals surface area contributed by atoms with Gasteiger partial charge in [0, 0.05) is 38.7 Å². The zero-order valence-corrected chi connectivity index (χ0v) is 27.9. The predicted molar refractivity (Wildman–Crippen MR) is 190 cm³/mol. The van der Waals surface area contributed by atoms with Crippen LogP contribution in [0.5, 0.6) is 17.2 Å². The van der Waals surface area contributed by atoms with Crippen molar-refractivity contribution in [2.45, 2.75) is 4.90 Å². The van der Waals surface area contributed by atoms with E-state index in [1.165, 1.54) is 36.3 Å². The van der Waals surface area contributed by atoms with E-state index >= 15 is 0 Å². The Morgan fingerprint density at radius 1 is 0.812 bits per heavy atom. The second-order valence-electron chi connectivity index (χ2n) is 10.1. The smallest absolute Gasteiger partial charge is 0.272 e. The largest absolute Gasteiger partial charge is 0.497 e. The molecule has 0 saturated carbocycles. The number of thioether (sulfide) groups is 1. The molecular weight excluding hydrogens is 649 g/mol. The molecule has 0 bridgehead atoms. The van der Waals surface area contributed by atoms with E-state index in [4.69, 9.17) is 14.2 Å². The first kappa shape index (κ1) is 33.8. The third-order valence-corrected chi connectivity index (χ3v) is 8.62. The summed E-state index contributed by atoms with van der Waals surface area (Å²) in [6, 6.07) is 28.4. The molecule has 0 aliphatic rings. The van der Waals surface area contributed by atoms with E-state index in [0.29, 0.717) is 33.4 Å². The Morgan fingerprint density at radius 2 is 1.56 bits per heavy atom. The Balaban J connectivity index is 1.25. The molecule has 0 fully saturated rings. The molecule has 0 unspecified atom stereocenters. The van der Waals surface area contributed by atoms with Crippen molar-refractivity contribution in [3.63, 3.8) is 0 Å². The monoisotopic (exact) mass is 680 g/mol. The third-order valence-electron chi connectivity index (χ3n) is 6.87. The first-order valence-corrected chi connectivity index (χ1v) is 16.5. The van der Waals surface area contributed by atoms with Gasteiger partial charge in [0.1, 0.15) is 22.9 Å².